The minimum absolute atomic E-state index is 0.0629. The number of hydrogen-bond donors (Lipinski definition) is 0. The molecule has 0 spiro atoms. The van der Waals surface area contributed by atoms with Gasteiger partial charge in [-0.05, 0) is 12.0 Å². The van der Waals surface area contributed by atoms with Crippen LogP contribution >= 0.6 is 0 Å². The zero-order valence-electron chi connectivity index (χ0n) is 16.7. The number of carbonyl (C=O) groups is 1. The monoisotopic (exact) mass is 390 g/mol. The van der Waals surface area contributed by atoms with Crippen molar-refractivity contribution in [3.05, 3.63) is 72.1 Å². The minimum atomic E-state index is -0.0629. The Hall–Kier alpha value is -2.99. The minimum Gasteiger partial charge on any atom is -0.340 e. The van der Waals surface area contributed by atoms with Gasteiger partial charge in [0.25, 0.3) is 0 Å². The molecule has 2 heterocycles. The average Bonchev–Trinajstić information content (AvgIpc) is 3.25. The van der Waals surface area contributed by atoms with Crippen molar-refractivity contribution >= 4 is 5.91 Å². The molecular weight excluding hydrogens is 364 g/mol. The van der Waals surface area contributed by atoms with Crippen molar-refractivity contribution in [1.82, 2.24) is 19.9 Å². The maximum absolute atomic E-state index is 13.0. The Kier molecular flexibility index (Phi) is 6.00. The number of benzene rings is 2. The van der Waals surface area contributed by atoms with E-state index >= 15 is 0 Å². The van der Waals surface area contributed by atoms with Gasteiger partial charge in [0, 0.05) is 31.7 Å². The third-order valence-electron chi connectivity index (χ3n) is 5.45. The average molecular weight is 390 g/mol. The maximum atomic E-state index is 13.0. The molecule has 0 aliphatic carbocycles. The van der Waals surface area contributed by atoms with Crippen LogP contribution in [0.1, 0.15) is 30.7 Å². The fraction of sp³-hybridized carbons (Fsp3) is 0.348. The molecule has 0 radical (unpaired) electrons. The first-order chi connectivity index (χ1) is 14.2. The van der Waals surface area contributed by atoms with Gasteiger partial charge in [0.05, 0.1) is 12.5 Å². The Labute approximate surface area is 171 Å². The lowest BCUT2D eigenvalue weighted by atomic mass is 9.95. The van der Waals surface area contributed by atoms with Gasteiger partial charge in [0.1, 0.15) is 0 Å². The molecule has 1 saturated heterocycles. The number of amides is 1. The second-order valence-corrected chi connectivity index (χ2v) is 7.35. The summed E-state index contributed by atoms with van der Waals surface area (Å²) in [5, 5.41) is 4.09. The number of nitrogens with zero attached hydrogens (tertiary/aromatic N) is 4. The summed E-state index contributed by atoms with van der Waals surface area (Å²) in [4.78, 5) is 21.8. The van der Waals surface area contributed by atoms with Gasteiger partial charge >= 0.3 is 0 Å². The highest BCUT2D eigenvalue weighted by atomic mass is 16.5. The van der Waals surface area contributed by atoms with Gasteiger partial charge in [-0.15, -0.1) is 0 Å². The van der Waals surface area contributed by atoms with Crippen molar-refractivity contribution in [2.24, 2.45) is 0 Å². The molecule has 0 saturated carbocycles. The Bertz CT molecular complexity index is 918. The van der Waals surface area contributed by atoms with Crippen LogP contribution in [0, 0.1) is 0 Å². The highest BCUT2D eigenvalue weighted by molar-refractivity contribution is 5.83. The van der Waals surface area contributed by atoms with E-state index in [0.29, 0.717) is 18.3 Å². The van der Waals surface area contributed by atoms with Crippen LogP contribution in [0.3, 0.4) is 0 Å². The van der Waals surface area contributed by atoms with Gasteiger partial charge in [0.2, 0.25) is 17.6 Å². The number of aromatic nitrogens is 2. The first-order valence-corrected chi connectivity index (χ1v) is 10.2. The van der Waals surface area contributed by atoms with E-state index in [2.05, 4.69) is 22.0 Å². The summed E-state index contributed by atoms with van der Waals surface area (Å²) >= 11 is 0. The van der Waals surface area contributed by atoms with Crippen LogP contribution < -0.4 is 0 Å². The number of carbonyl (C=O) groups excluding carboxylic acids is 1. The van der Waals surface area contributed by atoms with Crippen LogP contribution in [0.25, 0.3) is 11.4 Å². The lowest BCUT2D eigenvalue weighted by Gasteiger charge is -2.35. The standard InChI is InChI=1S/C23H26N4O2/c1-2-20(18-9-5-3-6-10-18)23(28)27-15-13-26(14-16-27)17-21-24-22(25-29-21)19-11-7-4-8-12-19/h3-12,20H,2,13-17H2,1H3. The Morgan fingerprint density at radius 2 is 1.66 bits per heavy atom. The lowest BCUT2D eigenvalue weighted by Crippen LogP contribution is -2.49. The summed E-state index contributed by atoms with van der Waals surface area (Å²) in [6.45, 7) is 5.74. The Morgan fingerprint density at radius 3 is 2.31 bits per heavy atom. The van der Waals surface area contributed by atoms with E-state index in [1.54, 1.807) is 0 Å². The van der Waals surface area contributed by atoms with Crippen molar-refractivity contribution in [3.63, 3.8) is 0 Å². The molecule has 1 fully saturated rings. The molecule has 2 aromatic carbocycles. The van der Waals surface area contributed by atoms with Gasteiger partial charge in [-0.1, -0.05) is 72.7 Å². The Morgan fingerprint density at radius 1 is 1.00 bits per heavy atom. The zero-order valence-corrected chi connectivity index (χ0v) is 16.7. The fourth-order valence-corrected chi connectivity index (χ4v) is 3.80. The molecule has 6 nitrogen and oxygen atoms in total. The molecule has 1 unspecified atom stereocenters. The van der Waals surface area contributed by atoms with Crippen LogP contribution in [0.15, 0.2) is 65.2 Å². The van der Waals surface area contributed by atoms with Crippen molar-refractivity contribution in [2.45, 2.75) is 25.8 Å². The second-order valence-electron chi connectivity index (χ2n) is 7.35. The number of rotatable bonds is 6. The highest BCUT2D eigenvalue weighted by Gasteiger charge is 2.28. The van der Waals surface area contributed by atoms with Crippen molar-refractivity contribution < 1.29 is 9.32 Å². The highest BCUT2D eigenvalue weighted by Crippen LogP contribution is 2.23. The molecule has 1 amide bonds. The SMILES string of the molecule is CCC(C(=O)N1CCN(Cc2nc(-c3ccccc3)no2)CC1)c1ccccc1. The molecule has 29 heavy (non-hydrogen) atoms. The molecule has 1 aromatic heterocycles. The normalized spacial score (nSPS) is 16.0. The molecule has 1 aliphatic heterocycles. The van der Waals surface area contributed by atoms with E-state index in [1.807, 2.05) is 65.6 Å². The van der Waals surface area contributed by atoms with E-state index in [-0.39, 0.29) is 11.8 Å². The molecule has 4 rings (SSSR count). The van der Waals surface area contributed by atoms with E-state index in [9.17, 15) is 4.79 Å². The largest absolute Gasteiger partial charge is 0.340 e. The first kappa shape index (κ1) is 19.3. The van der Waals surface area contributed by atoms with Crippen LogP contribution in [0.5, 0.6) is 0 Å². The molecule has 1 aliphatic rings. The summed E-state index contributed by atoms with van der Waals surface area (Å²) in [7, 11) is 0. The maximum Gasteiger partial charge on any atom is 0.241 e. The van der Waals surface area contributed by atoms with Crippen LogP contribution in [0.4, 0.5) is 0 Å². The summed E-state index contributed by atoms with van der Waals surface area (Å²) in [6.07, 6.45) is 0.813. The van der Waals surface area contributed by atoms with Crippen LogP contribution in [0.2, 0.25) is 0 Å². The molecule has 150 valence electrons. The molecular formula is C23H26N4O2. The van der Waals surface area contributed by atoms with Gasteiger partial charge in [-0.2, -0.15) is 4.98 Å². The third-order valence-corrected chi connectivity index (χ3v) is 5.45. The van der Waals surface area contributed by atoms with Crippen LogP contribution in [-0.2, 0) is 11.3 Å². The summed E-state index contributed by atoms with van der Waals surface area (Å²) in [5.74, 6) is 1.39. The Balaban J connectivity index is 1.33. The molecule has 0 N–H and O–H groups in total. The molecule has 3 aromatic rings. The smallest absolute Gasteiger partial charge is 0.241 e. The van der Waals surface area contributed by atoms with Crippen molar-refractivity contribution in [3.8, 4) is 11.4 Å². The number of hydrogen-bond acceptors (Lipinski definition) is 5. The summed E-state index contributed by atoms with van der Waals surface area (Å²) in [5.41, 5.74) is 2.05. The molecule has 1 atom stereocenters. The van der Waals surface area contributed by atoms with E-state index in [1.165, 1.54) is 0 Å². The summed E-state index contributed by atoms with van der Waals surface area (Å²) < 4.78 is 5.43. The summed E-state index contributed by atoms with van der Waals surface area (Å²) in [6, 6.07) is 19.9. The predicted octanol–water partition coefficient (Wildman–Crippen LogP) is 3.57. The molecule has 6 heteroatoms. The van der Waals surface area contributed by atoms with Gasteiger partial charge in [-0.25, -0.2) is 0 Å². The van der Waals surface area contributed by atoms with E-state index < -0.39 is 0 Å². The second kappa shape index (κ2) is 9.01. The van der Waals surface area contributed by atoms with Gasteiger partial charge in [0.15, 0.2) is 0 Å². The van der Waals surface area contributed by atoms with Gasteiger partial charge < -0.3 is 9.42 Å². The van der Waals surface area contributed by atoms with E-state index in [4.69, 9.17) is 4.52 Å². The zero-order chi connectivity index (χ0) is 20.1. The number of piperazine rings is 1. The quantitative estimate of drug-likeness (QED) is 0.644. The van der Waals surface area contributed by atoms with Crippen molar-refractivity contribution in [1.29, 1.82) is 0 Å². The predicted molar refractivity (Wildman–Crippen MR) is 111 cm³/mol. The van der Waals surface area contributed by atoms with Gasteiger partial charge in [-0.3, -0.25) is 9.69 Å². The van der Waals surface area contributed by atoms with Crippen molar-refractivity contribution in [2.75, 3.05) is 26.2 Å². The van der Waals surface area contributed by atoms with Crippen LogP contribution in [-0.4, -0.2) is 52.0 Å². The topological polar surface area (TPSA) is 62.5 Å². The third kappa shape index (κ3) is 4.54. The molecule has 0 bridgehead atoms. The lowest BCUT2D eigenvalue weighted by molar-refractivity contribution is -0.134. The first-order valence-electron chi connectivity index (χ1n) is 10.2. The fourth-order valence-electron chi connectivity index (χ4n) is 3.80. The van der Waals surface area contributed by atoms with E-state index in [0.717, 1.165) is 43.7 Å².